The number of carbonyl (C=O) groups is 2. The Morgan fingerprint density at radius 1 is 1.19 bits per heavy atom. The molecule has 0 heterocycles. The predicted molar refractivity (Wildman–Crippen MR) is 64.2 cm³/mol. The van der Waals surface area contributed by atoms with Crippen LogP contribution in [0, 0.1) is 0 Å². The molecule has 0 aliphatic rings. The molecule has 0 N–H and O–H groups in total. The van der Waals surface area contributed by atoms with Gasteiger partial charge in [0.15, 0.2) is 0 Å². The van der Waals surface area contributed by atoms with Crippen LogP contribution in [0.2, 0.25) is 0 Å². The highest BCUT2D eigenvalue weighted by Gasteiger charge is 2.06. The average Bonchev–Trinajstić information content (AvgIpc) is 2.15. The summed E-state index contributed by atoms with van der Waals surface area (Å²) in [4.78, 5) is 22.1. The van der Waals surface area contributed by atoms with Crippen LogP contribution in [0.1, 0.15) is 18.1 Å². The normalized spacial score (nSPS) is 9.94. The predicted octanol–water partition coefficient (Wildman–Crippen LogP) is 2.30. The van der Waals surface area contributed by atoms with E-state index >= 15 is 0 Å². The van der Waals surface area contributed by atoms with E-state index in [9.17, 15) is 9.59 Å². The summed E-state index contributed by atoms with van der Waals surface area (Å²) in [7, 11) is 1.36. The Morgan fingerprint density at radius 2 is 1.75 bits per heavy atom. The van der Waals surface area contributed by atoms with Gasteiger partial charge >= 0.3 is 5.97 Å². The quantitative estimate of drug-likeness (QED) is 0.797. The van der Waals surface area contributed by atoms with Crippen molar-refractivity contribution in [1.29, 1.82) is 0 Å². The zero-order valence-electron chi connectivity index (χ0n) is 9.25. The van der Waals surface area contributed by atoms with E-state index in [0.29, 0.717) is 6.42 Å². The van der Waals surface area contributed by atoms with Gasteiger partial charge in [0, 0.05) is 10.9 Å². The minimum Gasteiger partial charge on any atom is -0.469 e. The van der Waals surface area contributed by atoms with Crippen molar-refractivity contribution in [2.24, 2.45) is 0 Å². The Labute approximate surface area is 103 Å². The number of halogens is 1. The highest BCUT2D eigenvalue weighted by molar-refractivity contribution is 9.10. The van der Waals surface area contributed by atoms with Crippen molar-refractivity contribution in [3.8, 4) is 0 Å². The fraction of sp³-hybridized carbons (Fsp3) is 0.333. The van der Waals surface area contributed by atoms with E-state index in [1.165, 1.54) is 7.11 Å². The third kappa shape index (κ3) is 4.14. The van der Waals surface area contributed by atoms with Gasteiger partial charge in [0.05, 0.1) is 13.5 Å². The summed E-state index contributed by atoms with van der Waals surface area (Å²) in [5.74, 6) is -0.186. The van der Waals surface area contributed by atoms with Gasteiger partial charge in [0.25, 0.3) is 0 Å². The highest BCUT2D eigenvalue weighted by atomic mass is 79.9. The molecule has 1 rings (SSSR count). The second kappa shape index (κ2) is 5.80. The summed E-state index contributed by atoms with van der Waals surface area (Å²) < 4.78 is 5.46. The van der Waals surface area contributed by atoms with E-state index in [-0.39, 0.29) is 18.2 Å². The number of rotatable bonds is 4. The fourth-order valence-corrected chi connectivity index (χ4v) is 2.04. The van der Waals surface area contributed by atoms with Crippen molar-refractivity contribution in [3.63, 3.8) is 0 Å². The number of benzene rings is 1. The summed E-state index contributed by atoms with van der Waals surface area (Å²) in [6.45, 7) is 1.54. The fourth-order valence-electron chi connectivity index (χ4n) is 1.45. The van der Waals surface area contributed by atoms with Crippen molar-refractivity contribution in [1.82, 2.24) is 0 Å². The van der Waals surface area contributed by atoms with Gasteiger partial charge in [0.1, 0.15) is 5.78 Å². The number of ether oxygens (including phenoxy) is 1. The molecule has 0 amide bonds. The molecule has 0 saturated carbocycles. The summed E-state index contributed by atoms with van der Waals surface area (Å²) in [5.41, 5.74) is 1.75. The molecule has 0 unspecified atom stereocenters. The van der Waals surface area contributed by atoms with Crippen molar-refractivity contribution in [3.05, 3.63) is 33.8 Å². The third-order valence-electron chi connectivity index (χ3n) is 2.05. The summed E-state index contributed by atoms with van der Waals surface area (Å²) in [6, 6.07) is 5.58. The number of esters is 1. The number of carbonyl (C=O) groups excluding carboxylic acids is 2. The second-order valence-electron chi connectivity index (χ2n) is 3.60. The molecule has 0 saturated heterocycles. The first-order valence-electron chi connectivity index (χ1n) is 4.86. The van der Waals surface area contributed by atoms with Gasteiger partial charge in [-0.2, -0.15) is 0 Å². The smallest absolute Gasteiger partial charge is 0.309 e. The lowest BCUT2D eigenvalue weighted by molar-refractivity contribution is -0.139. The molecule has 4 heteroatoms. The largest absolute Gasteiger partial charge is 0.469 e. The molecule has 1 aromatic carbocycles. The number of hydrogen-bond donors (Lipinski definition) is 0. The lowest BCUT2D eigenvalue weighted by Gasteiger charge is -2.05. The molecule has 0 aliphatic carbocycles. The van der Waals surface area contributed by atoms with Crippen LogP contribution in [-0.2, 0) is 27.2 Å². The van der Waals surface area contributed by atoms with Crippen LogP contribution in [0.5, 0.6) is 0 Å². The molecule has 16 heavy (non-hydrogen) atoms. The zero-order chi connectivity index (χ0) is 12.1. The first-order chi connectivity index (χ1) is 7.51. The highest BCUT2D eigenvalue weighted by Crippen LogP contribution is 2.17. The van der Waals surface area contributed by atoms with Crippen molar-refractivity contribution in [2.45, 2.75) is 19.8 Å². The Hall–Kier alpha value is -1.16. The van der Waals surface area contributed by atoms with Crippen LogP contribution in [0.25, 0.3) is 0 Å². The van der Waals surface area contributed by atoms with Gasteiger partial charge < -0.3 is 4.74 Å². The van der Waals surface area contributed by atoms with Crippen LogP contribution >= 0.6 is 15.9 Å². The van der Waals surface area contributed by atoms with Gasteiger partial charge in [-0.3, -0.25) is 9.59 Å². The Bertz CT molecular complexity index is 413. The molecular weight excluding hydrogens is 272 g/mol. The number of Topliss-reactive ketones (excluding diaryl/α,β-unsaturated/α-hetero) is 1. The van der Waals surface area contributed by atoms with E-state index in [2.05, 4.69) is 20.7 Å². The maximum absolute atomic E-state index is 11.1. The molecule has 0 spiro atoms. The lowest BCUT2D eigenvalue weighted by atomic mass is 10.0. The third-order valence-corrected chi connectivity index (χ3v) is 2.50. The van der Waals surface area contributed by atoms with Gasteiger partial charge in [-0.15, -0.1) is 0 Å². The molecule has 0 bridgehead atoms. The van der Waals surface area contributed by atoms with Gasteiger partial charge in [-0.25, -0.2) is 0 Å². The average molecular weight is 285 g/mol. The molecule has 0 aromatic heterocycles. The van der Waals surface area contributed by atoms with Crippen LogP contribution in [0.4, 0.5) is 0 Å². The standard InChI is InChI=1S/C12H13BrO3/c1-8(14)3-9-4-10(6-11(13)5-9)7-12(15)16-2/h4-6H,3,7H2,1-2H3. The van der Waals surface area contributed by atoms with Gasteiger partial charge in [0.2, 0.25) is 0 Å². The number of hydrogen-bond acceptors (Lipinski definition) is 3. The summed E-state index contributed by atoms with van der Waals surface area (Å²) >= 11 is 3.35. The van der Waals surface area contributed by atoms with E-state index < -0.39 is 0 Å². The lowest BCUT2D eigenvalue weighted by Crippen LogP contribution is -2.05. The molecular formula is C12H13BrO3. The molecule has 0 aliphatic heterocycles. The summed E-state index contributed by atoms with van der Waals surface area (Å²) in [5, 5.41) is 0. The molecule has 0 fully saturated rings. The van der Waals surface area contributed by atoms with Crippen molar-refractivity contribution in [2.75, 3.05) is 7.11 Å². The van der Waals surface area contributed by atoms with Gasteiger partial charge in [-0.1, -0.05) is 22.0 Å². The topological polar surface area (TPSA) is 43.4 Å². The molecule has 0 atom stereocenters. The van der Waals surface area contributed by atoms with E-state index in [0.717, 1.165) is 15.6 Å². The summed E-state index contributed by atoms with van der Waals surface area (Å²) in [6.07, 6.45) is 0.606. The Morgan fingerprint density at radius 3 is 2.25 bits per heavy atom. The first kappa shape index (κ1) is 12.9. The number of methoxy groups -OCH3 is 1. The molecule has 3 nitrogen and oxygen atoms in total. The molecule has 0 radical (unpaired) electrons. The monoisotopic (exact) mass is 284 g/mol. The second-order valence-corrected chi connectivity index (χ2v) is 4.52. The van der Waals surface area contributed by atoms with Crippen LogP contribution < -0.4 is 0 Å². The SMILES string of the molecule is COC(=O)Cc1cc(Br)cc(CC(C)=O)c1. The first-order valence-corrected chi connectivity index (χ1v) is 5.65. The van der Waals surface area contributed by atoms with Crippen LogP contribution in [-0.4, -0.2) is 18.9 Å². The maximum Gasteiger partial charge on any atom is 0.309 e. The van der Waals surface area contributed by atoms with Gasteiger partial charge in [-0.05, 0) is 30.2 Å². The molecule has 1 aromatic rings. The van der Waals surface area contributed by atoms with Crippen LogP contribution in [0.15, 0.2) is 22.7 Å². The van der Waals surface area contributed by atoms with E-state index in [4.69, 9.17) is 0 Å². The minimum atomic E-state index is -0.285. The van der Waals surface area contributed by atoms with E-state index in [1.807, 2.05) is 18.2 Å². The minimum absolute atomic E-state index is 0.0992. The number of ketones is 1. The zero-order valence-corrected chi connectivity index (χ0v) is 10.8. The maximum atomic E-state index is 11.1. The van der Waals surface area contributed by atoms with Crippen molar-refractivity contribution >= 4 is 27.7 Å². The Balaban J connectivity index is 2.89. The van der Waals surface area contributed by atoms with Crippen LogP contribution in [0.3, 0.4) is 0 Å². The van der Waals surface area contributed by atoms with E-state index in [1.54, 1.807) is 6.92 Å². The van der Waals surface area contributed by atoms with Crippen molar-refractivity contribution < 1.29 is 14.3 Å². The Kier molecular flexibility index (Phi) is 4.68. The molecule has 86 valence electrons.